The molecule has 1 fully saturated rings. The molecule has 0 spiro atoms. The van der Waals surface area contributed by atoms with Crippen molar-refractivity contribution < 1.29 is 9.59 Å². The van der Waals surface area contributed by atoms with Gasteiger partial charge in [0.1, 0.15) is 6.04 Å². The Kier molecular flexibility index (Phi) is 4.13. The van der Waals surface area contributed by atoms with Gasteiger partial charge in [-0.2, -0.15) is 0 Å². The lowest BCUT2D eigenvalue weighted by molar-refractivity contribution is -0.142. The average Bonchev–Trinajstić information content (AvgIpc) is 2.20. The molecule has 0 saturated carbocycles. The van der Waals surface area contributed by atoms with E-state index >= 15 is 0 Å². The molecule has 0 aromatic rings. The van der Waals surface area contributed by atoms with Gasteiger partial charge in [0.15, 0.2) is 0 Å². The molecule has 5 heteroatoms. The Morgan fingerprint density at radius 2 is 2.20 bits per heavy atom. The molecule has 0 bridgehead atoms. The van der Waals surface area contributed by atoms with E-state index in [0.717, 1.165) is 0 Å². The summed E-state index contributed by atoms with van der Waals surface area (Å²) in [6.07, 6.45) is 0. The molecule has 1 N–H and O–H groups in total. The Morgan fingerprint density at radius 3 is 2.73 bits per heavy atom. The summed E-state index contributed by atoms with van der Waals surface area (Å²) in [7, 11) is 0. The van der Waals surface area contributed by atoms with Crippen LogP contribution in [0.2, 0.25) is 0 Å². The number of hydrogen-bond acceptors (Lipinski definition) is 2. The molecule has 2 atom stereocenters. The number of nitrogens with one attached hydrogen (secondary N) is 1. The van der Waals surface area contributed by atoms with Gasteiger partial charge in [-0.25, -0.2) is 0 Å². The second-order valence-electron chi connectivity index (χ2n) is 4.14. The first-order valence-electron chi connectivity index (χ1n) is 5.17. The van der Waals surface area contributed by atoms with Gasteiger partial charge in [0.25, 0.3) is 0 Å². The molecule has 4 nitrogen and oxygen atoms in total. The number of rotatable bonds is 2. The lowest BCUT2D eigenvalue weighted by Gasteiger charge is -2.34. The van der Waals surface area contributed by atoms with E-state index in [1.807, 2.05) is 13.8 Å². The van der Waals surface area contributed by atoms with E-state index in [-0.39, 0.29) is 28.6 Å². The lowest BCUT2D eigenvalue weighted by Crippen LogP contribution is -2.57. The molecule has 1 aliphatic rings. The third-order valence-corrected chi connectivity index (χ3v) is 4.05. The summed E-state index contributed by atoms with van der Waals surface area (Å²) >= 11 is 3.37. The molecule has 1 aliphatic heterocycles. The number of hydrogen-bond donors (Lipinski definition) is 1. The Morgan fingerprint density at radius 1 is 1.60 bits per heavy atom. The van der Waals surface area contributed by atoms with Gasteiger partial charge in [0.2, 0.25) is 11.8 Å². The molecule has 0 radical (unpaired) electrons. The number of carbonyl (C=O) groups excluding carboxylic acids is 2. The molecule has 1 rings (SSSR count). The molecule has 1 heterocycles. The van der Waals surface area contributed by atoms with E-state index in [2.05, 4.69) is 21.2 Å². The van der Waals surface area contributed by atoms with Crippen LogP contribution >= 0.6 is 15.9 Å². The summed E-state index contributed by atoms with van der Waals surface area (Å²) in [5.74, 6) is 0.167. The molecule has 2 amide bonds. The zero-order chi connectivity index (χ0) is 11.6. The first-order chi connectivity index (χ1) is 6.95. The van der Waals surface area contributed by atoms with Crippen LogP contribution in [0.1, 0.15) is 20.8 Å². The first-order valence-corrected chi connectivity index (χ1v) is 6.09. The summed E-state index contributed by atoms with van der Waals surface area (Å²) in [5, 5.41) is 2.74. The predicted octanol–water partition coefficient (Wildman–Crippen LogP) is 0.753. The highest BCUT2D eigenvalue weighted by atomic mass is 79.9. The van der Waals surface area contributed by atoms with Crippen LogP contribution in [0.3, 0.4) is 0 Å². The van der Waals surface area contributed by atoms with Crippen molar-refractivity contribution in [1.82, 2.24) is 10.2 Å². The fourth-order valence-corrected chi connectivity index (χ4v) is 1.79. The van der Waals surface area contributed by atoms with E-state index in [1.54, 1.807) is 11.8 Å². The Labute approximate surface area is 98.5 Å². The number of carbonyl (C=O) groups is 2. The number of amides is 2. The van der Waals surface area contributed by atoms with Crippen LogP contribution in [-0.2, 0) is 9.59 Å². The first kappa shape index (κ1) is 12.5. The summed E-state index contributed by atoms with van der Waals surface area (Å²) in [4.78, 5) is 24.8. The zero-order valence-corrected chi connectivity index (χ0v) is 10.9. The van der Waals surface area contributed by atoms with Crippen molar-refractivity contribution in [2.75, 3.05) is 13.1 Å². The van der Waals surface area contributed by atoms with Crippen LogP contribution in [0.5, 0.6) is 0 Å². The Hall–Kier alpha value is -0.580. The van der Waals surface area contributed by atoms with Crippen molar-refractivity contribution in [2.45, 2.75) is 31.6 Å². The van der Waals surface area contributed by atoms with Crippen LogP contribution in [-0.4, -0.2) is 40.7 Å². The van der Waals surface area contributed by atoms with Crippen molar-refractivity contribution in [1.29, 1.82) is 0 Å². The minimum atomic E-state index is -0.356. The van der Waals surface area contributed by atoms with Crippen LogP contribution in [0.4, 0.5) is 0 Å². The number of nitrogens with zero attached hydrogens (tertiary/aromatic N) is 1. The maximum Gasteiger partial charge on any atom is 0.242 e. The highest BCUT2D eigenvalue weighted by Gasteiger charge is 2.33. The quantitative estimate of drug-likeness (QED) is 0.757. The van der Waals surface area contributed by atoms with Crippen molar-refractivity contribution in [3.8, 4) is 0 Å². The Balaban J connectivity index is 2.70. The monoisotopic (exact) mass is 276 g/mol. The van der Waals surface area contributed by atoms with E-state index in [9.17, 15) is 9.59 Å². The molecule has 15 heavy (non-hydrogen) atoms. The predicted molar refractivity (Wildman–Crippen MR) is 61.7 cm³/mol. The largest absolute Gasteiger partial charge is 0.353 e. The van der Waals surface area contributed by atoms with E-state index in [0.29, 0.717) is 13.1 Å². The van der Waals surface area contributed by atoms with Crippen molar-refractivity contribution in [2.24, 2.45) is 5.92 Å². The van der Waals surface area contributed by atoms with E-state index < -0.39 is 0 Å². The minimum Gasteiger partial charge on any atom is -0.353 e. The van der Waals surface area contributed by atoms with Gasteiger partial charge in [-0.3, -0.25) is 9.59 Å². The lowest BCUT2D eigenvalue weighted by atomic mass is 10.1. The molecule has 86 valence electrons. The van der Waals surface area contributed by atoms with Gasteiger partial charge in [-0.1, -0.05) is 29.8 Å². The molecule has 0 aromatic carbocycles. The topological polar surface area (TPSA) is 49.4 Å². The third-order valence-electron chi connectivity index (χ3n) is 2.60. The second-order valence-corrected chi connectivity index (χ2v) is 5.13. The summed E-state index contributed by atoms with van der Waals surface area (Å²) < 4.78 is 0. The molecular formula is C10H17BrN2O2. The van der Waals surface area contributed by atoms with Gasteiger partial charge >= 0.3 is 0 Å². The van der Waals surface area contributed by atoms with Gasteiger partial charge < -0.3 is 10.2 Å². The maximum absolute atomic E-state index is 12.0. The average molecular weight is 277 g/mol. The number of piperazine rings is 1. The Bertz CT molecular complexity index is 268. The standard InChI is InChI=1S/C10H17BrN2O2/c1-6(2)8(11)10(15)13-5-4-12-9(14)7(13)3/h6-8H,4-5H2,1-3H3,(H,12,14). The fraction of sp³-hybridized carbons (Fsp3) is 0.800. The maximum atomic E-state index is 12.0. The molecule has 2 unspecified atom stereocenters. The van der Waals surface area contributed by atoms with Crippen molar-refractivity contribution in [3.05, 3.63) is 0 Å². The minimum absolute atomic E-state index is 0.00681. The van der Waals surface area contributed by atoms with Gasteiger partial charge in [-0.15, -0.1) is 0 Å². The van der Waals surface area contributed by atoms with Gasteiger partial charge in [0, 0.05) is 13.1 Å². The van der Waals surface area contributed by atoms with Crippen molar-refractivity contribution in [3.63, 3.8) is 0 Å². The molecular weight excluding hydrogens is 260 g/mol. The molecule has 1 saturated heterocycles. The van der Waals surface area contributed by atoms with E-state index in [4.69, 9.17) is 0 Å². The SMILES string of the molecule is CC(C)C(Br)C(=O)N1CCNC(=O)C1C. The number of alkyl halides is 1. The van der Waals surface area contributed by atoms with Crippen LogP contribution in [0.25, 0.3) is 0 Å². The van der Waals surface area contributed by atoms with Crippen LogP contribution < -0.4 is 5.32 Å². The fourth-order valence-electron chi connectivity index (χ4n) is 1.53. The van der Waals surface area contributed by atoms with Gasteiger partial charge in [-0.05, 0) is 12.8 Å². The molecule has 0 aliphatic carbocycles. The second kappa shape index (κ2) is 4.96. The van der Waals surface area contributed by atoms with Crippen LogP contribution in [0.15, 0.2) is 0 Å². The number of halogens is 1. The third kappa shape index (κ3) is 2.71. The van der Waals surface area contributed by atoms with Gasteiger partial charge in [0.05, 0.1) is 4.83 Å². The zero-order valence-electron chi connectivity index (χ0n) is 9.29. The summed E-state index contributed by atoms with van der Waals surface area (Å²) in [5.41, 5.74) is 0. The smallest absolute Gasteiger partial charge is 0.242 e. The van der Waals surface area contributed by atoms with E-state index in [1.165, 1.54) is 0 Å². The molecule has 0 aromatic heterocycles. The normalized spacial score (nSPS) is 23.9. The van der Waals surface area contributed by atoms with Crippen molar-refractivity contribution >= 4 is 27.7 Å². The summed E-state index contributed by atoms with van der Waals surface area (Å²) in [6, 6.07) is -0.356. The van der Waals surface area contributed by atoms with Crippen LogP contribution in [0, 0.1) is 5.92 Å². The highest BCUT2D eigenvalue weighted by Crippen LogP contribution is 2.17. The summed E-state index contributed by atoms with van der Waals surface area (Å²) in [6.45, 7) is 6.86. The highest BCUT2D eigenvalue weighted by molar-refractivity contribution is 9.10.